The molecule has 0 aromatic carbocycles. The molecule has 3 rings (SSSR count). The van der Waals surface area contributed by atoms with Crippen molar-refractivity contribution >= 4 is 11.8 Å². The third-order valence-electron chi connectivity index (χ3n) is 5.00. The number of hydrogen-bond acceptors (Lipinski definition) is 4. The summed E-state index contributed by atoms with van der Waals surface area (Å²) in [5.74, 6) is 0.245. The summed E-state index contributed by atoms with van der Waals surface area (Å²) in [5, 5.41) is 4.20. The quantitative estimate of drug-likeness (QED) is 0.840. The third-order valence-corrected chi connectivity index (χ3v) is 5.00. The molecule has 0 aliphatic carbocycles. The lowest BCUT2D eigenvalue weighted by atomic mass is 9.97. The predicted octanol–water partition coefficient (Wildman–Crippen LogP) is 1.23. The van der Waals surface area contributed by atoms with Crippen molar-refractivity contribution in [3.63, 3.8) is 0 Å². The summed E-state index contributed by atoms with van der Waals surface area (Å²) in [5.41, 5.74) is 0. The number of amides is 2. The van der Waals surface area contributed by atoms with Crippen molar-refractivity contribution in [1.82, 2.24) is 24.6 Å². The van der Waals surface area contributed by atoms with Crippen molar-refractivity contribution in [2.45, 2.75) is 57.5 Å². The first-order valence-corrected chi connectivity index (χ1v) is 8.54. The number of hydrogen-bond donors (Lipinski definition) is 0. The summed E-state index contributed by atoms with van der Waals surface area (Å²) in [6, 6.07) is 0.283. The van der Waals surface area contributed by atoms with Gasteiger partial charge in [-0.1, -0.05) is 0 Å². The van der Waals surface area contributed by atoms with Crippen molar-refractivity contribution in [3.8, 4) is 0 Å². The van der Waals surface area contributed by atoms with E-state index in [1.165, 1.54) is 6.33 Å². The number of rotatable bonds is 3. The molecule has 2 amide bonds. The summed E-state index contributed by atoms with van der Waals surface area (Å²) < 4.78 is 1.85. The zero-order chi connectivity index (χ0) is 16.2. The Bertz CT molecular complexity index is 545. The van der Waals surface area contributed by atoms with Gasteiger partial charge in [-0.2, -0.15) is 5.10 Å². The monoisotopic (exact) mass is 319 g/mol. The molecule has 0 spiro atoms. The van der Waals surface area contributed by atoms with Crippen molar-refractivity contribution in [3.05, 3.63) is 12.7 Å². The molecule has 2 fully saturated rings. The Hall–Kier alpha value is -1.92. The molecule has 2 saturated heterocycles. The highest BCUT2D eigenvalue weighted by Gasteiger charge is 2.30. The van der Waals surface area contributed by atoms with E-state index in [2.05, 4.69) is 10.1 Å². The second-order valence-electron chi connectivity index (χ2n) is 6.58. The van der Waals surface area contributed by atoms with E-state index in [1.54, 1.807) is 13.3 Å². The number of aromatic nitrogens is 3. The van der Waals surface area contributed by atoms with E-state index in [-0.39, 0.29) is 23.9 Å². The zero-order valence-corrected chi connectivity index (χ0v) is 13.7. The summed E-state index contributed by atoms with van der Waals surface area (Å²) in [6.45, 7) is 3.88. The van der Waals surface area contributed by atoms with Crippen molar-refractivity contribution in [2.75, 3.05) is 19.6 Å². The minimum absolute atomic E-state index is 0.0699. The molecule has 7 heteroatoms. The molecule has 23 heavy (non-hydrogen) atoms. The Morgan fingerprint density at radius 2 is 2.04 bits per heavy atom. The van der Waals surface area contributed by atoms with Gasteiger partial charge in [-0.05, 0) is 32.1 Å². The van der Waals surface area contributed by atoms with Crippen LogP contribution in [-0.4, -0.2) is 62.1 Å². The van der Waals surface area contributed by atoms with E-state index in [0.29, 0.717) is 13.0 Å². The van der Waals surface area contributed by atoms with Crippen LogP contribution >= 0.6 is 0 Å². The topological polar surface area (TPSA) is 71.3 Å². The minimum Gasteiger partial charge on any atom is -0.340 e. The molecule has 0 radical (unpaired) electrons. The fourth-order valence-electron chi connectivity index (χ4n) is 3.76. The van der Waals surface area contributed by atoms with Gasteiger partial charge >= 0.3 is 0 Å². The Labute approximate surface area is 136 Å². The maximum atomic E-state index is 12.7. The highest BCUT2D eigenvalue weighted by atomic mass is 16.2. The summed E-state index contributed by atoms with van der Waals surface area (Å²) >= 11 is 0. The van der Waals surface area contributed by atoms with Gasteiger partial charge in [0.2, 0.25) is 11.8 Å². The van der Waals surface area contributed by atoms with Gasteiger partial charge in [0.1, 0.15) is 12.7 Å². The van der Waals surface area contributed by atoms with Crippen LogP contribution in [0.5, 0.6) is 0 Å². The van der Waals surface area contributed by atoms with E-state index in [4.69, 9.17) is 0 Å². The molecule has 3 heterocycles. The number of piperidine rings is 2. The fourth-order valence-corrected chi connectivity index (χ4v) is 3.76. The molecular weight excluding hydrogens is 294 g/mol. The molecule has 1 aromatic rings. The lowest BCUT2D eigenvalue weighted by Gasteiger charge is -2.37. The van der Waals surface area contributed by atoms with E-state index in [0.717, 1.165) is 45.2 Å². The summed E-state index contributed by atoms with van der Waals surface area (Å²) in [7, 11) is 0. The smallest absolute Gasteiger partial charge is 0.224 e. The molecular formula is C16H25N5O2. The molecule has 2 aliphatic heterocycles. The molecule has 2 atom stereocenters. The van der Waals surface area contributed by atoms with E-state index in [9.17, 15) is 9.59 Å². The summed E-state index contributed by atoms with van der Waals surface area (Å²) in [4.78, 5) is 32.3. The molecule has 126 valence electrons. The zero-order valence-electron chi connectivity index (χ0n) is 13.7. The van der Waals surface area contributed by atoms with Crippen LogP contribution in [0.3, 0.4) is 0 Å². The second kappa shape index (κ2) is 7.10. The lowest BCUT2D eigenvalue weighted by Crippen LogP contribution is -2.47. The normalized spacial score (nSPS) is 25.4. The van der Waals surface area contributed by atoms with Crippen LogP contribution in [-0.2, 0) is 9.59 Å². The van der Waals surface area contributed by atoms with Gasteiger partial charge in [-0.3, -0.25) is 9.59 Å². The largest absolute Gasteiger partial charge is 0.340 e. The van der Waals surface area contributed by atoms with Crippen molar-refractivity contribution < 1.29 is 9.59 Å². The standard InChI is InChI=1S/C16H25N5O2/c1-13(22)20-8-3-2-5-14(20)9-16(23)19-7-4-6-15(10-19)21-12-17-11-18-21/h11-12,14-15H,2-10H2,1H3/t14-,15+/m0/s1. The molecule has 0 saturated carbocycles. The first-order chi connectivity index (χ1) is 11.1. The van der Waals surface area contributed by atoms with Crippen LogP contribution in [0.1, 0.15) is 51.5 Å². The molecule has 7 nitrogen and oxygen atoms in total. The van der Waals surface area contributed by atoms with Gasteiger partial charge in [0.25, 0.3) is 0 Å². The van der Waals surface area contributed by atoms with Crippen LogP contribution in [0.25, 0.3) is 0 Å². The lowest BCUT2D eigenvalue weighted by molar-refractivity contribution is -0.138. The SMILES string of the molecule is CC(=O)N1CCCC[C@H]1CC(=O)N1CCC[C@@H](n2cncn2)C1. The average molecular weight is 319 g/mol. The number of carbonyl (C=O) groups excluding carboxylic acids is 2. The molecule has 1 aromatic heterocycles. The number of likely N-dealkylation sites (tertiary alicyclic amines) is 2. The van der Waals surface area contributed by atoms with Gasteiger partial charge in [0.05, 0.1) is 6.04 Å². The average Bonchev–Trinajstić information content (AvgIpc) is 3.10. The van der Waals surface area contributed by atoms with Gasteiger partial charge in [-0.25, -0.2) is 9.67 Å². The predicted molar refractivity (Wildman–Crippen MR) is 84.5 cm³/mol. The van der Waals surface area contributed by atoms with E-state index < -0.39 is 0 Å². The molecule has 0 bridgehead atoms. The highest BCUT2D eigenvalue weighted by molar-refractivity contribution is 5.79. The third kappa shape index (κ3) is 3.71. The first kappa shape index (κ1) is 16.0. The fraction of sp³-hybridized carbons (Fsp3) is 0.750. The van der Waals surface area contributed by atoms with E-state index in [1.807, 2.05) is 14.5 Å². The Balaban J connectivity index is 1.60. The van der Waals surface area contributed by atoms with E-state index >= 15 is 0 Å². The van der Waals surface area contributed by atoms with Crippen LogP contribution in [0.15, 0.2) is 12.7 Å². The van der Waals surface area contributed by atoms with Crippen LogP contribution in [0.2, 0.25) is 0 Å². The Kier molecular flexibility index (Phi) is 4.93. The van der Waals surface area contributed by atoms with Gasteiger partial charge in [0, 0.05) is 39.0 Å². The maximum Gasteiger partial charge on any atom is 0.224 e. The molecule has 2 aliphatic rings. The Morgan fingerprint density at radius 1 is 1.17 bits per heavy atom. The minimum atomic E-state index is 0.0699. The van der Waals surface area contributed by atoms with Crippen LogP contribution in [0, 0.1) is 0 Å². The van der Waals surface area contributed by atoms with Crippen LogP contribution < -0.4 is 0 Å². The summed E-state index contributed by atoms with van der Waals surface area (Å²) in [6.07, 6.45) is 8.79. The Morgan fingerprint density at radius 3 is 2.78 bits per heavy atom. The molecule has 0 N–H and O–H groups in total. The molecule has 0 unspecified atom stereocenters. The number of nitrogens with zero attached hydrogens (tertiary/aromatic N) is 5. The first-order valence-electron chi connectivity index (χ1n) is 8.54. The van der Waals surface area contributed by atoms with Crippen molar-refractivity contribution in [1.29, 1.82) is 0 Å². The van der Waals surface area contributed by atoms with Crippen molar-refractivity contribution in [2.24, 2.45) is 0 Å². The van der Waals surface area contributed by atoms with Gasteiger partial charge in [-0.15, -0.1) is 0 Å². The van der Waals surface area contributed by atoms with Gasteiger partial charge < -0.3 is 9.80 Å². The maximum absolute atomic E-state index is 12.7. The van der Waals surface area contributed by atoms with Crippen LogP contribution in [0.4, 0.5) is 0 Å². The van der Waals surface area contributed by atoms with Gasteiger partial charge in [0.15, 0.2) is 0 Å². The highest BCUT2D eigenvalue weighted by Crippen LogP contribution is 2.24. The second-order valence-corrected chi connectivity index (χ2v) is 6.58. The number of carbonyl (C=O) groups is 2.